The van der Waals surface area contributed by atoms with Crippen LogP contribution in [0.5, 0.6) is 5.75 Å². The molecule has 5 rings (SSSR count). The minimum atomic E-state index is -0.470. The van der Waals surface area contributed by atoms with Crippen molar-refractivity contribution in [3.63, 3.8) is 0 Å². The van der Waals surface area contributed by atoms with E-state index in [2.05, 4.69) is 16.0 Å². The minimum Gasteiger partial charge on any atom is -0.493 e. The summed E-state index contributed by atoms with van der Waals surface area (Å²) in [4.78, 5) is 22.0. The van der Waals surface area contributed by atoms with Gasteiger partial charge in [-0.25, -0.2) is 9.97 Å². The van der Waals surface area contributed by atoms with Crippen LogP contribution in [-0.2, 0) is 4.79 Å². The standard InChI is InChI=1S/C22H23N7O2/c1-2-31-18-10-6-4-8-15(18)19-27-20-14-7-3-5-9-16(14)25-22(29(20)28-19)26-17-13-23-11-12-24-21(17)30/h3-10,17,23H,2,11-13H2,1H3,(H,24,30)(H,25,26)/t17-/m1/s1. The second-order valence-corrected chi connectivity index (χ2v) is 7.24. The largest absolute Gasteiger partial charge is 0.493 e. The summed E-state index contributed by atoms with van der Waals surface area (Å²) >= 11 is 0. The predicted molar refractivity (Wildman–Crippen MR) is 118 cm³/mol. The Morgan fingerprint density at radius 1 is 1.13 bits per heavy atom. The van der Waals surface area contributed by atoms with Gasteiger partial charge in [0, 0.05) is 25.0 Å². The maximum Gasteiger partial charge on any atom is 0.243 e. The third kappa shape index (κ3) is 3.64. The van der Waals surface area contributed by atoms with Gasteiger partial charge in [0.05, 0.1) is 17.7 Å². The first kappa shape index (κ1) is 19.3. The van der Waals surface area contributed by atoms with E-state index >= 15 is 0 Å². The van der Waals surface area contributed by atoms with Crippen molar-refractivity contribution in [1.29, 1.82) is 0 Å². The van der Waals surface area contributed by atoms with Crippen LogP contribution < -0.4 is 20.7 Å². The quantitative estimate of drug-likeness (QED) is 0.455. The molecular weight excluding hydrogens is 394 g/mol. The van der Waals surface area contributed by atoms with Gasteiger partial charge >= 0.3 is 0 Å². The molecule has 1 aliphatic rings. The molecule has 1 atom stereocenters. The first-order valence-electron chi connectivity index (χ1n) is 10.4. The average molecular weight is 417 g/mol. The van der Waals surface area contributed by atoms with Crippen LogP contribution in [0.15, 0.2) is 48.5 Å². The van der Waals surface area contributed by atoms with Gasteiger partial charge in [-0.3, -0.25) is 4.79 Å². The predicted octanol–water partition coefficient (Wildman–Crippen LogP) is 1.84. The Bertz CT molecular complexity index is 1250. The Balaban J connectivity index is 1.66. The minimum absolute atomic E-state index is 0.0739. The summed E-state index contributed by atoms with van der Waals surface area (Å²) in [5.74, 6) is 1.65. The first-order valence-corrected chi connectivity index (χ1v) is 10.4. The monoisotopic (exact) mass is 417 g/mol. The van der Waals surface area contributed by atoms with E-state index in [0.717, 1.165) is 28.8 Å². The molecule has 158 valence electrons. The fraction of sp³-hybridized carbons (Fsp3) is 0.273. The number of hydrogen-bond acceptors (Lipinski definition) is 7. The highest BCUT2D eigenvalue weighted by molar-refractivity contribution is 5.93. The molecule has 0 aliphatic carbocycles. The zero-order valence-corrected chi connectivity index (χ0v) is 17.1. The van der Waals surface area contributed by atoms with E-state index in [4.69, 9.17) is 19.8 Å². The van der Waals surface area contributed by atoms with Crippen molar-refractivity contribution in [3.05, 3.63) is 48.5 Å². The number of hydrogen-bond donors (Lipinski definition) is 3. The molecule has 31 heavy (non-hydrogen) atoms. The Morgan fingerprint density at radius 2 is 1.97 bits per heavy atom. The van der Waals surface area contributed by atoms with E-state index in [1.807, 2.05) is 55.5 Å². The fourth-order valence-corrected chi connectivity index (χ4v) is 3.70. The van der Waals surface area contributed by atoms with Crippen LogP contribution in [0.4, 0.5) is 5.95 Å². The van der Waals surface area contributed by atoms with E-state index in [1.54, 1.807) is 4.52 Å². The van der Waals surface area contributed by atoms with E-state index in [-0.39, 0.29) is 5.91 Å². The lowest BCUT2D eigenvalue weighted by atomic mass is 10.2. The number of amides is 1. The maximum absolute atomic E-state index is 12.5. The first-order chi connectivity index (χ1) is 15.2. The zero-order chi connectivity index (χ0) is 21.2. The summed E-state index contributed by atoms with van der Waals surface area (Å²) in [5.41, 5.74) is 2.24. The highest BCUT2D eigenvalue weighted by atomic mass is 16.5. The van der Waals surface area contributed by atoms with Crippen LogP contribution in [-0.4, -0.2) is 57.8 Å². The number of anilines is 1. The van der Waals surface area contributed by atoms with Gasteiger partial charge in [0.15, 0.2) is 11.5 Å². The van der Waals surface area contributed by atoms with Gasteiger partial charge in [0.25, 0.3) is 0 Å². The molecule has 2 aromatic heterocycles. The molecule has 9 nitrogen and oxygen atoms in total. The van der Waals surface area contributed by atoms with E-state index < -0.39 is 6.04 Å². The second kappa shape index (κ2) is 8.19. The molecule has 0 saturated carbocycles. The summed E-state index contributed by atoms with van der Waals surface area (Å²) < 4.78 is 7.44. The maximum atomic E-state index is 12.5. The summed E-state index contributed by atoms with van der Waals surface area (Å²) in [7, 11) is 0. The number of fused-ring (bicyclic) bond motifs is 3. The van der Waals surface area contributed by atoms with Crippen molar-refractivity contribution in [1.82, 2.24) is 30.2 Å². The van der Waals surface area contributed by atoms with Gasteiger partial charge in [0.1, 0.15) is 11.8 Å². The molecule has 0 bridgehead atoms. The Hall–Kier alpha value is -3.72. The van der Waals surface area contributed by atoms with Crippen LogP contribution in [0.1, 0.15) is 6.92 Å². The molecule has 1 amide bonds. The Labute approximate surface area is 178 Å². The lowest BCUT2D eigenvalue weighted by Crippen LogP contribution is -2.42. The number of carbonyl (C=O) groups excluding carboxylic acids is 1. The van der Waals surface area contributed by atoms with E-state index in [0.29, 0.717) is 37.1 Å². The average Bonchev–Trinajstić information content (AvgIpc) is 3.14. The molecule has 3 N–H and O–H groups in total. The number of nitrogens with one attached hydrogen (secondary N) is 3. The third-order valence-electron chi connectivity index (χ3n) is 5.18. The van der Waals surface area contributed by atoms with Crippen molar-refractivity contribution in [2.75, 3.05) is 31.6 Å². The molecule has 3 heterocycles. The molecule has 1 saturated heterocycles. The summed E-state index contributed by atoms with van der Waals surface area (Å²) in [6.07, 6.45) is 0. The molecule has 0 radical (unpaired) electrons. The Kier molecular flexibility index (Phi) is 5.09. The molecule has 0 spiro atoms. The van der Waals surface area contributed by atoms with Crippen molar-refractivity contribution in [2.24, 2.45) is 0 Å². The van der Waals surface area contributed by atoms with Crippen LogP contribution in [0, 0.1) is 0 Å². The number of carbonyl (C=O) groups is 1. The number of aromatic nitrogens is 4. The lowest BCUT2D eigenvalue weighted by Gasteiger charge is -2.16. The van der Waals surface area contributed by atoms with Crippen molar-refractivity contribution in [2.45, 2.75) is 13.0 Å². The van der Waals surface area contributed by atoms with Gasteiger partial charge < -0.3 is 20.7 Å². The number of benzene rings is 2. The van der Waals surface area contributed by atoms with E-state index in [9.17, 15) is 4.79 Å². The van der Waals surface area contributed by atoms with Gasteiger partial charge in [-0.05, 0) is 31.2 Å². The van der Waals surface area contributed by atoms with Gasteiger partial charge in [-0.2, -0.15) is 4.52 Å². The molecule has 1 fully saturated rings. The number of para-hydroxylation sites is 2. The van der Waals surface area contributed by atoms with Crippen molar-refractivity contribution >= 4 is 28.4 Å². The van der Waals surface area contributed by atoms with Crippen molar-refractivity contribution in [3.8, 4) is 17.1 Å². The topological polar surface area (TPSA) is 105 Å². The highest BCUT2D eigenvalue weighted by Gasteiger charge is 2.23. The molecule has 0 unspecified atom stereocenters. The molecule has 1 aliphatic heterocycles. The van der Waals surface area contributed by atoms with Crippen LogP contribution in [0.3, 0.4) is 0 Å². The molecule has 9 heteroatoms. The molecule has 2 aromatic carbocycles. The second-order valence-electron chi connectivity index (χ2n) is 7.24. The lowest BCUT2D eigenvalue weighted by molar-refractivity contribution is -0.121. The third-order valence-corrected chi connectivity index (χ3v) is 5.18. The summed E-state index contributed by atoms with van der Waals surface area (Å²) in [6, 6.07) is 15.0. The highest BCUT2D eigenvalue weighted by Crippen LogP contribution is 2.30. The fourth-order valence-electron chi connectivity index (χ4n) is 3.70. The van der Waals surface area contributed by atoms with Crippen LogP contribution >= 0.6 is 0 Å². The van der Waals surface area contributed by atoms with Crippen LogP contribution in [0.25, 0.3) is 27.9 Å². The van der Waals surface area contributed by atoms with Crippen molar-refractivity contribution < 1.29 is 9.53 Å². The molecule has 4 aromatic rings. The van der Waals surface area contributed by atoms with Gasteiger partial charge in [0.2, 0.25) is 11.9 Å². The van der Waals surface area contributed by atoms with Gasteiger partial charge in [-0.1, -0.05) is 24.3 Å². The smallest absolute Gasteiger partial charge is 0.243 e. The Morgan fingerprint density at radius 3 is 2.87 bits per heavy atom. The summed E-state index contributed by atoms with van der Waals surface area (Å²) in [6.45, 7) is 4.31. The SMILES string of the molecule is CCOc1ccccc1-c1nc2c3ccccc3nc(N[C@@H]3CNCCNC3=O)n2n1. The zero-order valence-electron chi connectivity index (χ0n) is 17.1. The molecular formula is C22H23N7O2. The number of nitrogens with zero attached hydrogens (tertiary/aromatic N) is 4. The van der Waals surface area contributed by atoms with Gasteiger partial charge in [-0.15, -0.1) is 5.10 Å². The van der Waals surface area contributed by atoms with E-state index in [1.165, 1.54) is 0 Å². The normalized spacial score (nSPS) is 16.8. The van der Waals surface area contributed by atoms with Crippen LogP contribution in [0.2, 0.25) is 0 Å². The number of ether oxygens (including phenoxy) is 1. The summed E-state index contributed by atoms with van der Waals surface area (Å²) in [5, 5.41) is 15.0. The number of rotatable bonds is 5.